The van der Waals surface area contributed by atoms with Gasteiger partial charge in [-0.3, -0.25) is 0 Å². The zero-order valence-electron chi connectivity index (χ0n) is 15.6. The first-order valence-corrected chi connectivity index (χ1v) is 9.41. The van der Waals surface area contributed by atoms with Crippen molar-refractivity contribution in [1.29, 1.82) is 5.26 Å². The molecule has 2 aromatic rings. The number of anilines is 3. The van der Waals surface area contributed by atoms with Crippen LogP contribution in [0.15, 0.2) is 30.5 Å². The van der Waals surface area contributed by atoms with Crippen LogP contribution in [0, 0.1) is 18.3 Å². The number of ether oxygens (including phenoxy) is 1. The standard InChI is InChI=1S/C20H24N6O/c1-15-2-3-16(13-21)18(12-15)26-7-5-17(14-26)23-19-4-6-22-20(24-19)25-8-10-27-11-9-25/h2-4,6,12,17H,5,7-11,14H2,1H3,(H,22,23,24). The number of hydrogen-bond donors (Lipinski definition) is 1. The smallest absolute Gasteiger partial charge is 0.227 e. The Bertz CT molecular complexity index is 843. The predicted molar refractivity (Wildman–Crippen MR) is 105 cm³/mol. The van der Waals surface area contributed by atoms with E-state index in [4.69, 9.17) is 4.74 Å². The molecule has 0 amide bonds. The van der Waals surface area contributed by atoms with Gasteiger partial charge >= 0.3 is 0 Å². The summed E-state index contributed by atoms with van der Waals surface area (Å²) in [5.41, 5.74) is 2.93. The number of rotatable bonds is 4. The minimum absolute atomic E-state index is 0.296. The number of nitrogens with one attached hydrogen (secondary N) is 1. The molecule has 7 nitrogen and oxygen atoms in total. The second-order valence-electron chi connectivity index (χ2n) is 7.05. The first-order chi connectivity index (χ1) is 13.2. The SMILES string of the molecule is Cc1ccc(C#N)c(N2CCC(Nc3ccnc(N4CCOCC4)n3)C2)c1. The van der Waals surface area contributed by atoms with E-state index in [1.54, 1.807) is 6.20 Å². The Hall–Kier alpha value is -2.85. The maximum atomic E-state index is 9.40. The molecular weight excluding hydrogens is 340 g/mol. The van der Waals surface area contributed by atoms with Crippen molar-refractivity contribution in [2.75, 3.05) is 54.5 Å². The number of morpholine rings is 1. The Kier molecular flexibility index (Phi) is 5.07. The Morgan fingerprint density at radius 3 is 2.85 bits per heavy atom. The number of aryl methyl sites for hydroxylation is 1. The monoisotopic (exact) mass is 364 g/mol. The van der Waals surface area contributed by atoms with Crippen molar-refractivity contribution in [1.82, 2.24) is 9.97 Å². The minimum atomic E-state index is 0.296. The van der Waals surface area contributed by atoms with Gasteiger partial charge in [0.25, 0.3) is 0 Å². The largest absolute Gasteiger partial charge is 0.378 e. The molecule has 0 radical (unpaired) electrons. The fourth-order valence-corrected chi connectivity index (χ4v) is 3.65. The van der Waals surface area contributed by atoms with Gasteiger partial charge in [-0.25, -0.2) is 4.98 Å². The number of aromatic nitrogens is 2. The lowest BCUT2D eigenvalue weighted by molar-refractivity contribution is 0.122. The third-order valence-corrected chi connectivity index (χ3v) is 5.09. The van der Waals surface area contributed by atoms with Crippen LogP contribution >= 0.6 is 0 Å². The van der Waals surface area contributed by atoms with Gasteiger partial charge in [-0.1, -0.05) is 6.07 Å². The average molecular weight is 364 g/mol. The number of benzene rings is 1. The van der Waals surface area contributed by atoms with E-state index in [0.717, 1.165) is 68.8 Å². The highest BCUT2D eigenvalue weighted by atomic mass is 16.5. The van der Waals surface area contributed by atoms with E-state index in [2.05, 4.69) is 44.1 Å². The highest BCUT2D eigenvalue weighted by Crippen LogP contribution is 2.26. The van der Waals surface area contributed by atoms with E-state index >= 15 is 0 Å². The van der Waals surface area contributed by atoms with E-state index in [9.17, 15) is 5.26 Å². The molecule has 0 spiro atoms. The molecule has 7 heteroatoms. The molecule has 27 heavy (non-hydrogen) atoms. The second kappa shape index (κ2) is 7.80. The average Bonchev–Trinajstić information content (AvgIpc) is 3.17. The molecule has 2 aliphatic rings. The molecule has 0 aliphatic carbocycles. The lowest BCUT2D eigenvalue weighted by atomic mass is 10.1. The first kappa shape index (κ1) is 17.6. The van der Waals surface area contributed by atoms with Crippen LogP contribution in [0.3, 0.4) is 0 Å². The van der Waals surface area contributed by atoms with Crippen LogP contribution in [0.2, 0.25) is 0 Å². The van der Waals surface area contributed by atoms with E-state index < -0.39 is 0 Å². The second-order valence-corrected chi connectivity index (χ2v) is 7.05. The Labute approximate surface area is 159 Å². The summed E-state index contributed by atoms with van der Waals surface area (Å²) in [6.07, 6.45) is 2.82. The molecule has 140 valence electrons. The fraction of sp³-hybridized carbons (Fsp3) is 0.450. The van der Waals surface area contributed by atoms with Gasteiger partial charge < -0.3 is 19.9 Å². The molecule has 2 saturated heterocycles. The Balaban J connectivity index is 1.43. The van der Waals surface area contributed by atoms with E-state index in [1.807, 2.05) is 18.2 Å². The molecule has 1 atom stereocenters. The van der Waals surface area contributed by atoms with Gasteiger partial charge in [-0.2, -0.15) is 10.2 Å². The number of nitriles is 1. The van der Waals surface area contributed by atoms with Crippen molar-refractivity contribution >= 4 is 17.5 Å². The summed E-state index contributed by atoms with van der Waals surface area (Å²) < 4.78 is 5.40. The van der Waals surface area contributed by atoms with E-state index in [0.29, 0.717) is 6.04 Å². The van der Waals surface area contributed by atoms with Gasteiger partial charge in [0.15, 0.2) is 0 Å². The maximum absolute atomic E-state index is 9.40. The van der Waals surface area contributed by atoms with Gasteiger partial charge in [-0.15, -0.1) is 0 Å². The summed E-state index contributed by atoms with van der Waals surface area (Å²) in [7, 11) is 0. The summed E-state index contributed by atoms with van der Waals surface area (Å²) in [5, 5.41) is 12.9. The summed E-state index contributed by atoms with van der Waals surface area (Å²) in [6.45, 7) is 6.93. The molecule has 2 aliphatic heterocycles. The topological polar surface area (TPSA) is 77.3 Å². The maximum Gasteiger partial charge on any atom is 0.227 e. The van der Waals surface area contributed by atoms with Crippen LogP contribution in [0.25, 0.3) is 0 Å². The van der Waals surface area contributed by atoms with Crippen molar-refractivity contribution in [3.05, 3.63) is 41.6 Å². The molecule has 1 N–H and O–H groups in total. The predicted octanol–water partition coefficient (Wildman–Crippen LogP) is 2.18. The summed E-state index contributed by atoms with van der Waals surface area (Å²) in [4.78, 5) is 13.5. The zero-order chi connectivity index (χ0) is 18.6. The fourth-order valence-electron chi connectivity index (χ4n) is 3.65. The molecule has 0 bridgehead atoms. The van der Waals surface area contributed by atoms with Crippen molar-refractivity contribution in [3.63, 3.8) is 0 Å². The molecular formula is C20H24N6O. The molecule has 1 aromatic carbocycles. The first-order valence-electron chi connectivity index (χ1n) is 9.41. The molecule has 1 unspecified atom stereocenters. The molecule has 4 rings (SSSR count). The van der Waals surface area contributed by atoms with Crippen molar-refractivity contribution in [3.8, 4) is 6.07 Å². The Morgan fingerprint density at radius 2 is 2.04 bits per heavy atom. The molecule has 1 aromatic heterocycles. The van der Waals surface area contributed by atoms with Crippen molar-refractivity contribution < 1.29 is 4.74 Å². The summed E-state index contributed by atoms with van der Waals surface area (Å²) in [6, 6.07) is 10.5. The summed E-state index contributed by atoms with van der Waals surface area (Å²) >= 11 is 0. The number of hydrogen-bond acceptors (Lipinski definition) is 7. The lowest BCUT2D eigenvalue weighted by Crippen LogP contribution is -2.37. The third-order valence-electron chi connectivity index (χ3n) is 5.09. The van der Waals surface area contributed by atoms with Crippen LogP contribution in [0.4, 0.5) is 17.5 Å². The van der Waals surface area contributed by atoms with Crippen LogP contribution in [-0.4, -0.2) is 55.4 Å². The van der Waals surface area contributed by atoms with Gasteiger partial charge in [0.1, 0.15) is 11.9 Å². The van der Waals surface area contributed by atoms with Crippen LogP contribution in [0.1, 0.15) is 17.5 Å². The highest BCUT2D eigenvalue weighted by Gasteiger charge is 2.25. The van der Waals surface area contributed by atoms with Gasteiger partial charge in [0, 0.05) is 38.4 Å². The summed E-state index contributed by atoms with van der Waals surface area (Å²) in [5.74, 6) is 1.60. The zero-order valence-corrected chi connectivity index (χ0v) is 15.6. The van der Waals surface area contributed by atoms with Crippen LogP contribution in [-0.2, 0) is 4.74 Å². The minimum Gasteiger partial charge on any atom is -0.378 e. The molecule has 0 saturated carbocycles. The lowest BCUT2D eigenvalue weighted by Gasteiger charge is -2.27. The molecule has 3 heterocycles. The van der Waals surface area contributed by atoms with E-state index in [-0.39, 0.29) is 0 Å². The Morgan fingerprint density at radius 1 is 1.19 bits per heavy atom. The number of nitrogens with zero attached hydrogens (tertiary/aromatic N) is 5. The quantitative estimate of drug-likeness (QED) is 0.891. The van der Waals surface area contributed by atoms with Crippen LogP contribution < -0.4 is 15.1 Å². The molecule has 2 fully saturated rings. The van der Waals surface area contributed by atoms with Crippen LogP contribution in [0.5, 0.6) is 0 Å². The highest BCUT2D eigenvalue weighted by molar-refractivity contribution is 5.61. The van der Waals surface area contributed by atoms with Crippen molar-refractivity contribution in [2.24, 2.45) is 0 Å². The van der Waals surface area contributed by atoms with Crippen molar-refractivity contribution in [2.45, 2.75) is 19.4 Å². The van der Waals surface area contributed by atoms with E-state index in [1.165, 1.54) is 5.56 Å². The third kappa shape index (κ3) is 3.96. The van der Waals surface area contributed by atoms with Gasteiger partial charge in [0.2, 0.25) is 5.95 Å². The van der Waals surface area contributed by atoms with Gasteiger partial charge in [-0.05, 0) is 37.1 Å². The normalized spacial score (nSPS) is 19.8. The van der Waals surface area contributed by atoms with Gasteiger partial charge in [0.05, 0.1) is 24.5 Å².